The molecule has 100 heavy (non-hydrogen) atoms. The van der Waals surface area contributed by atoms with Crippen LogP contribution in [0.5, 0.6) is 0 Å². The van der Waals surface area contributed by atoms with E-state index in [1.165, 1.54) is 231 Å². The van der Waals surface area contributed by atoms with Gasteiger partial charge in [0.25, 0.3) is 0 Å². The highest BCUT2D eigenvalue weighted by molar-refractivity contribution is 7.47. The van der Waals surface area contributed by atoms with Gasteiger partial charge in [-0.25, -0.2) is 9.13 Å². The summed E-state index contributed by atoms with van der Waals surface area (Å²) < 4.78 is 68.5. The lowest BCUT2D eigenvalue weighted by atomic mass is 10.0. The molecule has 19 heteroatoms. The molecule has 0 spiro atoms. The molecule has 0 saturated heterocycles. The first kappa shape index (κ1) is 98.1. The Morgan fingerprint density at radius 1 is 0.270 bits per heavy atom. The van der Waals surface area contributed by atoms with E-state index in [0.29, 0.717) is 25.7 Å². The number of aliphatic hydroxyl groups excluding tert-OH is 1. The normalized spacial score (nSPS) is 13.9. The van der Waals surface area contributed by atoms with E-state index in [0.717, 1.165) is 115 Å². The Morgan fingerprint density at radius 3 is 0.680 bits per heavy atom. The molecule has 0 amide bonds. The maximum atomic E-state index is 13.1. The fourth-order valence-electron chi connectivity index (χ4n) is 12.5. The highest BCUT2D eigenvalue weighted by Crippen LogP contribution is 2.45. The molecular formula is C81H158O17P2. The predicted molar refractivity (Wildman–Crippen MR) is 409 cm³/mol. The topological polar surface area (TPSA) is 237 Å². The first-order valence-corrected chi connectivity index (χ1v) is 45.0. The zero-order valence-corrected chi connectivity index (χ0v) is 67.3. The van der Waals surface area contributed by atoms with Crippen LogP contribution >= 0.6 is 15.6 Å². The lowest BCUT2D eigenvalue weighted by Crippen LogP contribution is -2.30. The van der Waals surface area contributed by atoms with Crippen molar-refractivity contribution in [3.8, 4) is 0 Å². The molecule has 0 aromatic rings. The molecule has 0 aliphatic carbocycles. The minimum atomic E-state index is -4.96. The number of carbonyl (C=O) groups is 4. The molecule has 0 saturated carbocycles. The molecule has 5 atom stereocenters. The summed E-state index contributed by atoms with van der Waals surface area (Å²) in [4.78, 5) is 72.8. The Bertz CT molecular complexity index is 1920. The van der Waals surface area contributed by atoms with Crippen LogP contribution < -0.4 is 0 Å². The third-order valence-corrected chi connectivity index (χ3v) is 20.9. The first-order valence-electron chi connectivity index (χ1n) is 42.0. The van der Waals surface area contributed by atoms with Crippen molar-refractivity contribution in [2.24, 2.45) is 11.8 Å². The van der Waals surface area contributed by atoms with Gasteiger partial charge in [0, 0.05) is 25.7 Å². The summed E-state index contributed by atoms with van der Waals surface area (Å²) in [5, 5.41) is 10.6. The van der Waals surface area contributed by atoms with Gasteiger partial charge >= 0.3 is 39.5 Å². The average molecular weight is 1470 g/mol. The van der Waals surface area contributed by atoms with Crippen LogP contribution in [-0.2, 0) is 65.4 Å². The Kier molecular flexibility index (Phi) is 71.2. The minimum absolute atomic E-state index is 0.104. The van der Waals surface area contributed by atoms with Gasteiger partial charge in [0.2, 0.25) is 0 Å². The van der Waals surface area contributed by atoms with Gasteiger partial charge < -0.3 is 33.8 Å². The Morgan fingerprint density at radius 2 is 0.460 bits per heavy atom. The van der Waals surface area contributed by atoms with E-state index in [4.69, 9.17) is 37.0 Å². The number of phosphoric acid groups is 2. The number of phosphoric ester groups is 2. The second-order valence-electron chi connectivity index (χ2n) is 30.1. The van der Waals surface area contributed by atoms with E-state index in [1.54, 1.807) is 0 Å². The van der Waals surface area contributed by atoms with Crippen LogP contribution in [0, 0.1) is 11.8 Å². The summed E-state index contributed by atoms with van der Waals surface area (Å²) in [6.07, 6.45) is 62.9. The molecule has 3 N–H and O–H groups in total. The summed E-state index contributed by atoms with van der Waals surface area (Å²) in [6.45, 7) is 9.57. The van der Waals surface area contributed by atoms with Crippen molar-refractivity contribution in [1.29, 1.82) is 0 Å². The molecule has 0 aliphatic heterocycles. The van der Waals surface area contributed by atoms with Crippen molar-refractivity contribution in [2.75, 3.05) is 39.6 Å². The highest BCUT2D eigenvalue weighted by atomic mass is 31.2. The van der Waals surface area contributed by atoms with Crippen LogP contribution in [0.1, 0.15) is 427 Å². The van der Waals surface area contributed by atoms with Crippen molar-refractivity contribution in [3.05, 3.63) is 0 Å². The SMILES string of the molecule is CCCCCCCCCCCCCCCCCCCCCCCC(=O)OC[C@H](COP(=O)(O)OC[C@@H](O)COP(=O)(O)OC[C@@H](COC(=O)CCCCCCCCC)OC(=O)CCCCCCCCCCC(C)C)OC(=O)CCCCCCCCCCCCCCCCCCCCC(C)C. The first-order chi connectivity index (χ1) is 48.4. The minimum Gasteiger partial charge on any atom is -0.462 e. The van der Waals surface area contributed by atoms with E-state index in [9.17, 15) is 43.2 Å². The quantitative estimate of drug-likeness (QED) is 0.0222. The van der Waals surface area contributed by atoms with Gasteiger partial charge in [-0.3, -0.25) is 37.3 Å². The smallest absolute Gasteiger partial charge is 0.462 e. The van der Waals surface area contributed by atoms with Crippen LogP contribution in [0.25, 0.3) is 0 Å². The van der Waals surface area contributed by atoms with Gasteiger partial charge in [0.1, 0.15) is 19.3 Å². The zero-order valence-electron chi connectivity index (χ0n) is 65.5. The lowest BCUT2D eigenvalue weighted by Gasteiger charge is -2.21. The maximum absolute atomic E-state index is 13.1. The van der Waals surface area contributed by atoms with Crippen molar-refractivity contribution < 1.29 is 80.2 Å². The van der Waals surface area contributed by atoms with Crippen molar-refractivity contribution in [3.63, 3.8) is 0 Å². The number of rotatable bonds is 80. The monoisotopic (exact) mass is 1470 g/mol. The van der Waals surface area contributed by atoms with Gasteiger partial charge in [0.05, 0.1) is 26.4 Å². The summed E-state index contributed by atoms with van der Waals surface area (Å²) in [7, 11) is -9.91. The third kappa shape index (κ3) is 74.3. The number of carbonyl (C=O) groups excluding carboxylic acids is 4. The molecule has 0 bridgehead atoms. The Balaban J connectivity index is 5.14. The van der Waals surface area contributed by atoms with Crippen LogP contribution in [0.4, 0.5) is 0 Å². The Hall–Kier alpha value is -1.94. The fraction of sp³-hybridized carbons (Fsp3) is 0.951. The summed E-state index contributed by atoms with van der Waals surface area (Å²) in [5.41, 5.74) is 0. The number of hydrogen-bond acceptors (Lipinski definition) is 15. The fourth-order valence-corrected chi connectivity index (χ4v) is 14.1. The van der Waals surface area contributed by atoms with Crippen LogP contribution in [0.3, 0.4) is 0 Å². The van der Waals surface area contributed by atoms with E-state index in [-0.39, 0.29) is 25.7 Å². The van der Waals surface area contributed by atoms with Gasteiger partial charge in [-0.05, 0) is 37.5 Å². The average Bonchev–Trinajstić information content (AvgIpc) is 0.968. The molecule has 594 valence electrons. The summed E-state index contributed by atoms with van der Waals surface area (Å²) in [5.74, 6) is -0.579. The third-order valence-electron chi connectivity index (χ3n) is 19.0. The number of esters is 4. The molecule has 0 fully saturated rings. The van der Waals surface area contributed by atoms with Gasteiger partial charge in [-0.2, -0.15) is 0 Å². The van der Waals surface area contributed by atoms with Crippen molar-refractivity contribution >= 4 is 39.5 Å². The van der Waals surface area contributed by atoms with Gasteiger partial charge in [-0.15, -0.1) is 0 Å². The predicted octanol–water partition coefficient (Wildman–Crippen LogP) is 24.3. The van der Waals surface area contributed by atoms with Crippen LogP contribution in [0.15, 0.2) is 0 Å². The Labute approximate surface area is 613 Å². The van der Waals surface area contributed by atoms with Crippen molar-refractivity contribution in [2.45, 2.75) is 445 Å². The maximum Gasteiger partial charge on any atom is 0.472 e. The van der Waals surface area contributed by atoms with Crippen LogP contribution in [0.2, 0.25) is 0 Å². The molecule has 0 radical (unpaired) electrons. The second kappa shape index (κ2) is 72.6. The second-order valence-corrected chi connectivity index (χ2v) is 33.0. The molecule has 0 rings (SSSR count). The van der Waals surface area contributed by atoms with E-state index in [2.05, 4.69) is 41.5 Å². The number of unbranched alkanes of at least 4 members (excludes halogenated alkanes) is 50. The molecule has 2 unspecified atom stereocenters. The molecular weight excluding hydrogens is 1310 g/mol. The van der Waals surface area contributed by atoms with Crippen LogP contribution in [-0.4, -0.2) is 96.7 Å². The van der Waals surface area contributed by atoms with Gasteiger partial charge in [0.15, 0.2) is 12.2 Å². The highest BCUT2D eigenvalue weighted by Gasteiger charge is 2.30. The zero-order chi connectivity index (χ0) is 73.5. The van der Waals surface area contributed by atoms with Gasteiger partial charge in [-0.1, -0.05) is 375 Å². The molecule has 0 aromatic heterocycles. The van der Waals surface area contributed by atoms with E-state index < -0.39 is 97.5 Å². The largest absolute Gasteiger partial charge is 0.472 e. The molecule has 17 nitrogen and oxygen atoms in total. The molecule has 0 aromatic carbocycles. The molecule has 0 aliphatic rings. The number of ether oxygens (including phenoxy) is 4. The summed E-state index contributed by atoms with van der Waals surface area (Å²) >= 11 is 0. The lowest BCUT2D eigenvalue weighted by molar-refractivity contribution is -0.161. The van der Waals surface area contributed by atoms with E-state index in [1.807, 2.05) is 0 Å². The van der Waals surface area contributed by atoms with Crippen molar-refractivity contribution in [1.82, 2.24) is 0 Å². The molecule has 0 heterocycles. The van der Waals surface area contributed by atoms with E-state index >= 15 is 0 Å². The number of hydrogen-bond donors (Lipinski definition) is 3. The summed E-state index contributed by atoms with van der Waals surface area (Å²) in [6, 6.07) is 0. The standard InChI is InChI=1S/C81H158O17P2/c1-7-9-11-13-15-16-17-18-19-20-21-22-23-27-30-33-36-39-46-52-58-64-79(84)92-70-77(97-80(85)65-59-53-47-40-37-34-31-28-25-24-26-29-32-35-38-44-49-55-61-73(3)4)72-96-100(89,90)94-68-75(82)67-93-99(87,88)95-71-76(69-91-78(83)63-57-51-43-14-12-10-8-2)98-81(86)66-60-54-48-42-41-45-50-56-62-74(5)6/h73-77,82H,7-72H2,1-6H3,(H,87,88)(H,89,90)/t75-,76+,77+/m0/s1. The number of aliphatic hydroxyl groups is 1.